The van der Waals surface area contributed by atoms with Crippen molar-refractivity contribution in [2.24, 2.45) is 0 Å². The maximum absolute atomic E-state index is 9.67. The molecule has 0 aromatic heterocycles. The normalized spacial score (nSPS) is 9.31. The van der Waals surface area contributed by atoms with Crippen LogP contribution in [0.15, 0.2) is 48.5 Å². The average Bonchev–Trinajstić information content (AvgIpc) is 2.29. The van der Waals surface area contributed by atoms with Crippen LogP contribution in [0, 0.1) is 18.8 Å². The van der Waals surface area contributed by atoms with Gasteiger partial charge >= 0.3 is 0 Å². The summed E-state index contributed by atoms with van der Waals surface area (Å²) in [5, 5.41) is 9.67. The van der Waals surface area contributed by atoms with E-state index in [-0.39, 0.29) is 5.75 Å². The minimum Gasteiger partial charge on any atom is -0.507 e. The zero-order chi connectivity index (χ0) is 11.4. The molecular formula is C15H12O. The lowest BCUT2D eigenvalue weighted by molar-refractivity contribution is 0.473. The van der Waals surface area contributed by atoms with Crippen molar-refractivity contribution in [3.8, 4) is 17.6 Å². The van der Waals surface area contributed by atoms with Crippen molar-refractivity contribution in [2.45, 2.75) is 6.92 Å². The molecule has 2 aromatic rings. The predicted octanol–water partition coefficient (Wildman–Crippen LogP) is 3.10. The first-order valence-electron chi connectivity index (χ1n) is 5.12. The van der Waals surface area contributed by atoms with E-state index in [2.05, 4.69) is 11.8 Å². The number of phenols is 1. The largest absolute Gasteiger partial charge is 0.507 e. The van der Waals surface area contributed by atoms with Crippen molar-refractivity contribution in [1.29, 1.82) is 0 Å². The molecule has 1 heteroatoms. The summed E-state index contributed by atoms with van der Waals surface area (Å²) < 4.78 is 0. The van der Waals surface area contributed by atoms with E-state index in [1.807, 2.05) is 49.4 Å². The predicted molar refractivity (Wildman–Crippen MR) is 65.3 cm³/mol. The van der Waals surface area contributed by atoms with Crippen LogP contribution in [0.1, 0.15) is 16.7 Å². The van der Waals surface area contributed by atoms with Crippen LogP contribution >= 0.6 is 0 Å². The van der Waals surface area contributed by atoms with Gasteiger partial charge in [-0.3, -0.25) is 0 Å². The van der Waals surface area contributed by atoms with Crippen molar-refractivity contribution in [2.75, 3.05) is 0 Å². The van der Waals surface area contributed by atoms with Crippen LogP contribution in [-0.2, 0) is 0 Å². The third-order valence-corrected chi connectivity index (χ3v) is 2.27. The van der Waals surface area contributed by atoms with Gasteiger partial charge in [0.25, 0.3) is 0 Å². The van der Waals surface area contributed by atoms with Crippen molar-refractivity contribution >= 4 is 0 Å². The molecule has 16 heavy (non-hydrogen) atoms. The standard InChI is InChI=1S/C15H12O/c1-12-7-9-14(15(16)11-12)10-8-13-5-3-2-4-6-13/h2-7,9,11,16H,1H3. The van der Waals surface area contributed by atoms with Gasteiger partial charge in [0.2, 0.25) is 0 Å². The molecule has 0 aliphatic carbocycles. The number of aromatic hydroxyl groups is 1. The van der Waals surface area contributed by atoms with E-state index in [9.17, 15) is 5.11 Å². The van der Waals surface area contributed by atoms with E-state index in [1.165, 1.54) is 0 Å². The topological polar surface area (TPSA) is 20.2 Å². The minimum absolute atomic E-state index is 0.239. The molecule has 0 radical (unpaired) electrons. The minimum atomic E-state index is 0.239. The Morgan fingerprint density at radius 2 is 1.69 bits per heavy atom. The van der Waals surface area contributed by atoms with E-state index in [4.69, 9.17) is 0 Å². The van der Waals surface area contributed by atoms with Gasteiger partial charge in [-0.05, 0) is 36.8 Å². The zero-order valence-electron chi connectivity index (χ0n) is 9.07. The summed E-state index contributed by atoms with van der Waals surface area (Å²) in [6.07, 6.45) is 0. The highest BCUT2D eigenvalue weighted by Gasteiger charge is 1.96. The van der Waals surface area contributed by atoms with Crippen molar-refractivity contribution in [1.82, 2.24) is 0 Å². The molecule has 2 rings (SSSR count). The summed E-state index contributed by atoms with van der Waals surface area (Å²) in [5.41, 5.74) is 2.64. The smallest absolute Gasteiger partial charge is 0.131 e. The Hall–Kier alpha value is -2.20. The van der Waals surface area contributed by atoms with E-state index < -0.39 is 0 Å². The molecule has 0 saturated carbocycles. The zero-order valence-corrected chi connectivity index (χ0v) is 9.07. The summed E-state index contributed by atoms with van der Waals surface area (Å²) in [7, 11) is 0. The van der Waals surface area contributed by atoms with Gasteiger partial charge in [-0.15, -0.1) is 0 Å². The highest BCUT2D eigenvalue weighted by Crippen LogP contribution is 2.17. The van der Waals surface area contributed by atoms with E-state index >= 15 is 0 Å². The molecular weight excluding hydrogens is 196 g/mol. The molecule has 0 amide bonds. The maximum atomic E-state index is 9.67. The Morgan fingerprint density at radius 3 is 2.38 bits per heavy atom. The van der Waals surface area contributed by atoms with Gasteiger partial charge in [-0.2, -0.15) is 0 Å². The summed E-state index contributed by atoms with van der Waals surface area (Å²) in [5.74, 6) is 6.21. The first-order chi connectivity index (χ1) is 7.75. The SMILES string of the molecule is Cc1ccc(C#Cc2ccccc2)c(O)c1. The average molecular weight is 208 g/mol. The quantitative estimate of drug-likeness (QED) is 0.659. The van der Waals surface area contributed by atoms with Crippen molar-refractivity contribution in [3.63, 3.8) is 0 Å². The lowest BCUT2D eigenvalue weighted by atomic mass is 10.1. The van der Waals surface area contributed by atoms with Gasteiger partial charge in [-0.1, -0.05) is 36.1 Å². The lowest BCUT2D eigenvalue weighted by Crippen LogP contribution is -1.79. The summed E-state index contributed by atoms with van der Waals surface area (Å²) in [4.78, 5) is 0. The second kappa shape index (κ2) is 4.55. The molecule has 1 N–H and O–H groups in total. The highest BCUT2D eigenvalue weighted by atomic mass is 16.3. The van der Waals surface area contributed by atoms with Gasteiger partial charge in [0, 0.05) is 5.56 Å². The van der Waals surface area contributed by atoms with E-state index in [0.29, 0.717) is 5.56 Å². The highest BCUT2D eigenvalue weighted by molar-refractivity contribution is 5.50. The van der Waals surface area contributed by atoms with Gasteiger partial charge in [-0.25, -0.2) is 0 Å². The molecule has 2 aromatic carbocycles. The van der Waals surface area contributed by atoms with Gasteiger partial charge in [0.1, 0.15) is 5.75 Å². The van der Waals surface area contributed by atoms with Crippen LogP contribution < -0.4 is 0 Å². The van der Waals surface area contributed by atoms with Crippen LogP contribution in [0.25, 0.3) is 0 Å². The molecule has 0 atom stereocenters. The number of phenolic OH excluding ortho intramolecular Hbond substituents is 1. The molecule has 1 nitrogen and oxygen atoms in total. The molecule has 0 saturated heterocycles. The van der Waals surface area contributed by atoms with E-state index in [1.54, 1.807) is 6.07 Å². The third kappa shape index (κ3) is 2.43. The molecule has 0 aliphatic heterocycles. The molecule has 0 heterocycles. The first kappa shape index (κ1) is 10.3. The Balaban J connectivity index is 2.31. The monoisotopic (exact) mass is 208 g/mol. The summed E-state index contributed by atoms with van der Waals surface area (Å²) in [6, 6.07) is 15.2. The number of hydrogen-bond donors (Lipinski definition) is 1. The Bertz CT molecular complexity index is 545. The number of rotatable bonds is 0. The molecule has 0 aliphatic rings. The maximum Gasteiger partial charge on any atom is 0.131 e. The van der Waals surface area contributed by atoms with Gasteiger partial charge in [0.05, 0.1) is 5.56 Å². The molecule has 0 unspecified atom stereocenters. The summed E-state index contributed by atoms with van der Waals surface area (Å²) in [6.45, 7) is 1.94. The van der Waals surface area contributed by atoms with Crippen LogP contribution in [0.3, 0.4) is 0 Å². The van der Waals surface area contributed by atoms with Crippen molar-refractivity contribution in [3.05, 3.63) is 65.2 Å². The molecule has 0 fully saturated rings. The first-order valence-corrected chi connectivity index (χ1v) is 5.12. The van der Waals surface area contributed by atoms with Crippen molar-refractivity contribution < 1.29 is 5.11 Å². The van der Waals surface area contributed by atoms with Crippen LogP contribution in [0.4, 0.5) is 0 Å². The second-order valence-corrected chi connectivity index (χ2v) is 3.64. The molecule has 78 valence electrons. The van der Waals surface area contributed by atoms with Gasteiger partial charge in [0.15, 0.2) is 0 Å². The van der Waals surface area contributed by atoms with Gasteiger partial charge < -0.3 is 5.11 Å². The fourth-order valence-corrected chi connectivity index (χ4v) is 1.41. The molecule has 0 spiro atoms. The van der Waals surface area contributed by atoms with E-state index in [0.717, 1.165) is 11.1 Å². The molecule has 0 bridgehead atoms. The Labute approximate surface area is 95.4 Å². The fraction of sp³-hybridized carbons (Fsp3) is 0.0667. The lowest BCUT2D eigenvalue weighted by Gasteiger charge is -1.97. The third-order valence-electron chi connectivity index (χ3n) is 2.27. The number of aryl methyl sites for hydroxylation is 1. The van der Waals surface area contributed by atoms with Crippen LogP contribution in [0.5, 0.6) is 5.75 Å². The fourth-order valence-electron chi connectivity index (χ4n) is 1.41. The second-order valence-electron chi connectivity index (χ2n) is 3.64. The van der Waals surface area contributed by atoms with Crippen LogP contribution in [-0.4, -0.2) is 5.11 Å². The van der Waals surface area contributed by atoms with Crippen LogP contribution in [0.2, 0.25) is 0 Å². The number of benzene rings is 2. The Morgan fingerprint density at radius 1 is 0.938 bits per heavy atom. The summed E-state index contributed by atoms with van der Waals surface area (Å²) >= 11 is 0. The Kier molecular flexibility index (Phi) is 2.93. The number of hydrogen-bond acceptors (Lipinski definition) is 1.